The van der Waals surface area contributed by atoms with Crippen molar-refractivity contribution in [2.45, 2.75) is 17.7 Å². The molecule has 0 saturated heterocycles. The third-order valence-electron chi connectivity index (χ3n) is 3.44. The van der Waals surface area contributed by atoms with Gasteiger partial charge in [-0.25, -0.2) is 0 Å². The van der Waals surface area contributed by atoms with Gasteiger partial charge in [0.15, 0.2) is 5.76 Å². The summed E-state index contributed by atoms with van der Waals surface area (Å²) in [5.74, 6) is 0.212. The quantitative estimate of drug-likeness (QED) is 0.873. The molecule has 1 aromatic rings. The van der Waals surface area contributed by atoms with Crippen molar-refractivity contribution in [1.29, 1.82) is 0 Å². The van der Waals surface area contributed by atoms with Crippen LogP contribution in [0.4, 0.5) is 5.69 Å². The minimum atomic E-state index is -0.468. The second-order valence-corrected chi connectivity index (χ2v) is 5.81. The van der Waals surface area contributed by atoms with Crippen LogP contribution in [-0.4, -0.2) is 18.1 Å². The molecule has 0 saturated carbocycles. The second kappa shape index (κ2) is 5.69. The molecule has 4 nitrogen and oxygen atoms in total. The van der Waals surface area contributed by atoms with Crippen molar-refractivity contribution in [2.24, 2.45) is 0 Å². The molecule has 0 radical (unpaired) electrons. The van der Waals surface area contributed by atoms with Crippen molar-refractivity contribution in [2.75, 3.05) is 12.4 Å². The molecular formula is C16H15NO3S. The summed E-state index contributed by atoms with van der Waals surface area (Å²) in [5, 5.41) is 12.9. The second-order valence-electron chi connectivity index (χ2n) is 4.76. The van der Waals surface area contributed by atoms with Gasteiger partial charge in [-0.15, -0.1) is 0 Å². The molecule has 0 aromatic heterocycles. The fourth-order valence-corrected chi connectivity index (χ4v) is 3.38. The predicted octanol–water partition coefficient (Wildman–Crippen LogP) is 3.75. The number of aliphatic hydroxyl groups excluding tert-OH is 1. The van der Waals surface area contributed by atoms with Gasteiger partial charge in [0.25, 0.3) is 5.91 Å². The molecule has 3 rings (SSSR count). The van der Waals surface area contributed by atoms with Gasteiger partial charge in [-0.05, 0) is 30.2 Å². The van der Waals surface area contributed by atoms with Crippen LogP contribution in [0.5, 0.6) is 0 Å². The lowest BCUT2D eigenvalue weighted by Gasteiger charge is -2.16. The Labute approximate surface area is 127 Å². The number of allylic oxidation sites excluding steroid dienone is 4. The Bertz CT molecular complexity index is 689. The number of methoxy groups -OCH3 is 1. The van der Waals surface area contributed by atoms with E-state index in [4.69, 9.17) is 4.74 Å². The van der Waals surface area contributed by atoms with Gasteiger partial charge in [-0.1, -0.05) is 30.0 Å². The molecule has 1 heterocycles. The first-order chi connectivity index (χ1) is 10.2. The minimum Gasteiger partial charge on any atom is -0.502 e. The Hall–Kier alpha value is -2.14. The van der Waals surface area contributed by atoms with Crippen molar-refractivity contribution in [3.63, 3.8) is 0 Å². The number of thioether (sulfide) groups is 1. The summed E-state index contributed by atoms with van der Waals surface area (Å²) >= 11 is 1.41. The van der Waals surface area contributed by atoms with Gasteiger partial charge in [-0.3, -0.25) is 4.79 Å². The topological polar surface area (TPSA) is 58.6 Å². The lowest BCUT2D eigenvalue weighted by atomic mass is 10.0. The molecule has 108 valence electrons. The van der Waals surface area contributed by atoms with E-state index in [0.717, 1.165) is 34.8 Å². The number of carbonyl (C=O) groups excluding carboxylic acids is 1. The number of hydrogen-bond acceptors (Lipinski definition) is 4. The van der Waals surface area contributed by atoms with Crippen LogP contribution in [0.3, 0.4) is 0 Å². The maximum absolute atomic E-state index is 12.1. The van der Waals surface area contributed by atoms with Gasteiger partial charge in [-0.2, -0.15) is 0 Å². The molecule has 1 aromatic carbocycles. The highest BCUT2D eigenvalue weighted by Gasteiger charge is 2.25. The SMILES string of the molecule is COC1=CC=C(C2=C(O)C(=O)Nc3ccccc3S2)CC1. The number of rotatable bonds is 2. The van der Waals surface area contributed by atoms with Gasteiger partial charge in [0.1, 0.15) is 0 Å². The average Bonchev–Trinajstić information content (AvgIpc) is 2.65. The molecule has 0 unspecified atom stereocenters. The molecule has 2 N–H and O–H groups in total. The van der Waals surface area contributed by atoms with Crippen LogP contribution in [0.1, 0.15) is 12.8 Å². The number of carbonyl (C=O) groups is 1. The molecular weight excluding hydrogens is 286 g/mol. The monoisotopic (exact) mass is 301 g/mol. The Morgan fingerprint density at radius 1 is 1.24 bits per heavy atom. The van der Waals surface area contributed by atoms with Crippen molar-refractivity contribution in [3.05, 3.63) is 58.4 Å². The zero-order chi connectivity index (χ0) is 14.8. The molecule has 0 atom stereocenters. The van der Waals surface area contributed by atoms with Crippen LogP contribution < -0.4 is 5.32 Å². The maximum atomic E-state index is 12.1. The van der Waals surface area contributed by atoms with E-state index in [1.54, 1.807) is 7.11 Å². The zero-order valence-corrected chi connectivity index (χ0v) is 12.4. The molecule has 2 aliphatic rings. The summed E-state index contributed by atoms with van der Waals surface area (Å²) in [7, 11) is 1.64. The van der Waals surface area contributed by atoms with E-state index < -0.39 is 5.91 Å². The van der Waals surface area contributed by atoms with E-state index in [2.05, 4.69) is 5.32 Å². The molecule has 0 fully saturated rings. The highest BCUT2D eigenvalue weighted by atomic mass is 32.2. The smallest absolute Gasteiger partial charge is 0.291 e. The number of hydrogen-bond donors (Lipinski definition) is 2. The van der Waals surface area contributed by atoms with Gasteiger partial charge >= 0.3 is 0 Å². The molecule has 1 amide bonds. The fraction of sp³-hybridized carbons (Fsp3) is 0.188. The number of ether oxygens (including phenoxy) is 1. The van der Waals surface area contributed by atoms with Gasteiger partial charge in [0.2, 0.25) is 0 Å². The molecule has 5 heteroatoms. The summed E-state index contributed by atoms with van der Waals surface area (Å²) in [6, 6.07) is 7.53. The number of nitrogens with one attached hydrogen (secondary N) is 1. The third kappa shape index (κ3) is 2.69. The maximum Gasteiger partial charge on any atom is 0.291 e. The van der Waals surface area contributed by atoms with Crippen LogP contribution in [0, 0.1) is 0 Å². The summed E-state index contributed by atoms with van der Waals surface area (Å²) < 4.78 is 5.21. The number of aliphatic hydroxyl groups is 1. The number of fused-ring (bicyclic) bond motifs is 1. The predicted molar refractivity (Wildman–Crippen MR) is 83.0 cm³/mol. The van der Waals surface area contributed by atoms with Gasteiger partial charge in [0.05, 0.1) is 23.5 Å². The normalized spacial score (nSPS) is 18.2. The molecule has 1 aliphatic heterocycles. The highest BCUT2D eigenvalue weighted by molar-refractivity contribution is 8.03. The standard InChI is InChI=1S/C16H15NO3S/c1-20-11-8-6-10(7-9-11)15-14(18)16(19)17-12-4-2-3-5-13(12)21-15/h2-6,8,18H,7,9H2,1H3,(H,17,19). The first-order valence-corrected chi connectivity index (χ1v) is 7.46. The summed E-state index contributed by atoms with van der Waals surface area (Å²) in [6.07, 6.45) is 5.29. The van der Waals surface area contributed by atoms with E-state index in [1.807, 2.05) is 36.4 Å². The van der Waals surface area contributed by atoms with Crippen LogP contribution in [0.15, 0.2) is 63.3 Å². The van der Waals surface area contributed by atoms with E-state index in [9.17, 15) is 9.90 Å². The Morgan fingerprint density at radius 2 is 2.05 bits per heavy atom. The highest BCUT2D eigenvalue weighted by Crippen LogP contribution is 2.42. The molecule has 0 spiro atoms. The van der Waals surface area contributed by atoms with Crippen LogP contribution in [0.2, 0.25) is 0 Å². The van der Waals surface area contributed by atoms with E-state index in [-0.39, 0.29) is 5.76 Å². The molecule has 0 bridgehead atoms. The average molecular weight is 301 g/mol. The van der Waals surface area contributed by atoms with Crippen LogP contribution in [-0.2, 0) is 9.53 Å². The zero-order valence-electron chi connectivity index (χ0n) is 11.6. The van der Waals surface area contributed by atoms with Crippen molar-refractivity contribution in [1.82, 2.24) is 0 Å². The van der Waals surface area contributed by atoms with E-state index in [0.29, 0.717) is 4.91 Å². The molecule has 21 heavy (non-hydrogen) atoms. The Morgan fingerprint density at radius 3 is 2.76 bits per heavy atom. The Kier molecular flexibility index (Phi) is 3.75. The van der Waals surface area contributed by atoms with Gasteiger partial charge in [0, 0.05) is 11.3 Å². The number of anilines is 1. The number of para-hydroxylation sites is 1. The Balaban J connectivity index is 2.01. The van der Waals surface area contributed by atoms with Crippen molar-refractivity contribution >= 4 is 23.4 Å². The summed E-state index contributed by atoms with van der Waals surface area (Å²) in [5.41, 5.74) is 1.67. The van der Waals surface area contributed by atoms with Crippen LogP contribution >= 0.6 is 11.8 Å². The van der Waals surface area contributed by atoms with Crippen molar-refractivity contribution in [3.8, 4) is 0 Å². The number of amides is 1. The minimum absolute atomic E-state index is 0.225. The van der Waals surface area contributed by atoms with E-state index in [1.165, 1.54) is 11.8 Å². The van der Waals surface area contributed by atoms with Crippen molar-refractivity contribution < 1.29 is 14.6 Å². The molecule has 1 aliphatic carbocycles. The first-order valence-electron chi connectivity index (χ1n) is 6.64. The lowest BCUT2D eigenvalue weighted by Crippen LogP contribution is -2.14. The van der Waals surface area contributed by atoms with E-state index >= 15 is 0 Å². The fourth-order valence-electron chi connectivity index (χ4n) is 2.30. The largest absolute Gasteiger partial charge is 0.502 e. The van der Waals surface area contributed by atoms with Crippen LogP contribution in [0.25, 0.3) is 0 Å². The third-order valence-corrected chi connectivity index (χ3v) is 4.68. The summed E-state index contributed by atoms with van der Waals surface area (Å²) in [4.78, 5) is 13.6. The van der Waals surface area contributed by atoms with Gasteiger partial charge < -0.3 is 15.2 Å². The number of benzene rings is 1. The lowest BCUT2D eigenvalue weighted by molar-refractivity contribution is -0.115. The summed E-state index contributed by atoms with van der Waals surface area (Å²) in [6.45, 7) is 0. The first kappa shape index (κ1) is 13.8.